The summed E-state index contributed by atoms with van der Waals surface area (Å²) in [6, 6.07) is 22.8. The average Bonchev–Trinajstić information content (AvgIpc) is 3.80. The van der Waals surface area contributed by atoms with E-state index in [4.69, 9.17) is 18.9 Å². The number of carboxylic acid groups (broad SMARTS) is 1. The van der Waals surface area contributed by atoms with Crippen LogP contribution in [0.1, 0.15) is 84.4 Å². The topological polar surface area (TPSA) is 199 Å². The van der Waals surface area contributed by atoms with Crippen molar-refractivity contribution < 1.29 is 77.5 Å². The van der Waals surface area contributed by atoms with E-state index in [0.717, 1.165) is 14.5 Å². The number of esters is 2. The average molecular weight is 921 g/mol. The number of aliphatic hydroxyl groups excluding tert-OH is 1. The van der Waals surface area contributed by atoms with Gasteiger partial charge in [0.05, 0.1) is 66.1 Å². The zero-order valence-corrected chi connectivity index (χ0v) is 35.6. The summed E-state index contributed by atoms with van der Waals surface area (Å²) in [5, 5.41) is 19.3. The number of carbonyl (C=O) groups excluding carboxylic acids is 4. The number of ether oxygens (including phenoxy) is 4. The third-order valence-corrected chi connectivity index (χ3v) is 10.7. The van der Waals surface area contributed by atoms with E-state index in [1.165, 1.54) is 34.3 Å². The van der Waals surface area contributed by atoms with Crippen LogP contribution in [0, 0.1) is 0 Å². The molecule has 17 heteroatoms. The minimum absolute atomic E-state index is 0. The van der Waals surface area contributed by atoms with Gasteiger partial charge in [-0.2, -0.15) is 0 Å². The summed E-state index contributed by atoms with van der Waals surface area (Å²) in [6.07, 6.45) is -0.295. The number of hydrogen-bond donors (Lipinski definition) is 2. The minimum Gasteiger partial charge on any atom is -0.870 e. The Hall–Kier alpha value is -4.69. The number of nitrogens with zero attached hydrogens (tertiary/aromatic N) is 2. The molecule has 2 unspecified atom stereocenters. The number of carbonyl (C=O) groups is 5. The Balaban J connectivity index is 0.000000303. The van der Waals surface area contributed by atoms with Crippen LogP contribution in [0.2, 0.25) is 0 Å². The summed E-state index contributed by atoms with van der Waals surface area (Å²) >= 11 is 6.74. The summed E-state index contributed by atoms with van der Waals surface area (Å²) in [7, 11) is 4.37. The number of β-amino-alcohol motifs (C(OH)–C–C–N with tert-alkyl or cyclic N) is 1. The Labute approximate surface area is 364 Å². The Morgan fingerprint density at radius 1 is 0.672 bits per heavy atom. The Bertz CT molecular complexity index is 2140. The molecule has 0 aliphatic carbocycles. The molecule has 0 saturated carbocycles. The third kappa shape index (κ3) is 11.3. The number of rotatable bonds is 9. The number of aromatic carboxylic acids is 1. The van der Waals surface area contributed by atoms with Crippen molar-refractivity contribution in [1.29, 1.82) is 0 Å². The van der Waals surface area contributed by atoms with E-state index in [2.05, 4.69) is 31.9 Å². The van der Waals surface area contributed by atoms with Crippen molar-refractivity contribution in [3.63, 3.8) is 0 Å². The van der Waals surface area contributed by atoms with Gasteiger partial charge in [-0.25, -0.2) is 9.59 Å². The van der Waals surface area contributed by atoms with Gasteiger partial charge in [-0.3, -0.25) is 14.4 Å². The molecule has 4 aromatic rings. The molecule has 2 aliphatic rings. The first-order valence-electron chi connectivity index (χ1n) is 17.4. The second-order valence-electron chi connectivity index (χ2n) is 13.0. The SMILES string of the molecule is COC(=O)c1cccc([C@H]2CC(OC(C)=O)CN2C(=O)c2ccc(Br)c(OC)c2)c1.COc1cc(C(=O)N2CC(O)C[C@@H]2c2cccc(C(=O)O)c2)ccc1Br.[Li+].[OH-]. The van der Waals surface area contributed by atoms with Crippen molar-refractivity contribution in [2.45, 2.75) is 44.1 Å². The summed E-state index contributed by atoms with van der Waals surface area (Å²) in [4.78, 5) is 64.2. The van der Waals surface area contributed by atoms with Crippen LogP contribution < -0.4 is 28.3 Å². The maximum Gasteiger partial charge on any atom is 1.00 e. The molecule has 14 nitrogen and oxygen atoms in total. The van der Waals surface area contributed by atoms with E-state index in [-0.39, 0.29) is 66.9 Å². The van der Waals surface area contributed by atoms with Crippen molar-refractivity contribution in [3.8, 4) is 11.5 Å². The van der Waals surface area contributed by atoms with Crippen LogP contribution in [0.5, 0.6) is 11.5 Å². The quantitative estimate of drug-likeness (QED) is 0.183. The van der Waals surface area contributed by atoms with Crippen LogP contribution in [-0.4, -0.2) is 102 Å². The molecular formula is C41H41Br2LiN2O12. The van der Waals surface area contributed by atoms with Gasteiger partial charge in [-0.1, -0.05) is 24.3 Å². The predicted octanol–water partition coefficient (Wildman–Crippen LogP) is 3.69. The zero-order valence-electron chi connectivity index (χ0n) is 32.4. The standard InChI is InChI=1S/C22H22BrNO6.C19H18BrNO5.Li.H2O/c1-13(25)30-17-11-19(14-5-4-6-16(9-14)22(27)29-3)24(12-17)21(26)15-7-8-18(23)20(10-15)28-2;1-26-17-8-12(5-6-15(17)20)18(23)21-10-14(22)9-16(21)11-3-2-4-13(7-11)19(24)25;;/h4-10,17,19H,11-12H2,1-3H3;2-8,14,16,22H,9-10H2,1H3,(H,24,25);;1H2/q;;+1;/p-1/t17?,19-;14?,16-;;/m11../s1. The van der Waals surface area contributed by atoms with E-state index in [9.17, 15) is 34.2 Å². The fourth-order valence-corrected chi connectivity index (χ4v) is 7.62. The first-order chi connectivity index (χ1) is 26.7. The molecule has 0 radical (unpaired) electrons. The largest absolute Gasteiger partial charge is 1.00 e. The maximum atomic E-state index is 13.3. The van der Waals surface area contributed by atoms with Crippen LogP contribution in [-0.2, 0) is 14.3 Å². The minimum atomic E-state index is -1.03. The fraction of sp³-hybridized carbons (Fsp3) is 0.293. The van der Waals surface area contributed by atoms with Gasteiger partial charge >= 0.3 is 36.8 Å². The first kappa shape index (κ1) is 47.7. The van der Waals surface area contributed by atoms with E-state index in [1.54, 1.807) is 82.6 Å². The van der Waals surface area contributed by atoms with Gasteiger partial charge in [0.25, 0.3) is 11.8 Å². The molecule has 2 aliphatic heterocycles. The van der Waals surface area contributed by atoms with Crippen molar-refractivity contribution >= 4 is 61.6 Å². The van der Waals surface area contributed by atoms with E-state index in [0.29, 0.717) is 46.6 Å². The van der Waals surface area contributed by atoms with Crippen molar-refractivity contribution in [1.82, 2.24) is 9.80 Å². The third-order valence-electron chi connectivity index (χ3n) is 9.40. The molecule has 2 saturated heterocycles. The summed E-state index contributed by atoms with van der Waals surface area (Å²) in [5.41, 5.74) is 2.90. The molecule has 4 atom stereocenters. The number of amides is 2. The molecule has 0 spiro atoms. The molecule has 302 valence electrons. The Kier molecular flexibility index (Phi) is 17.6. The molecule has 2 fully saturated rings. The van der Waals surface area contributed by atoms with Crippen molar-refractivity contribution in [2.24, 2.45) is 0 Å². The number of hydrogen-bond acceptors (Lipinski definition) is 11. The van der Waals surface area contributed by atoms with Crippen LogP contribution in [0.25, 0.3) is 0 Å². The second-order valence-corrected chi connectivity index (χ2v) is 14.8. The van der Waals surface area contributed by atoms with Gasteiger partial charge in [-0.15, -0.1) is 0 Å². The second kappa shape index (κ2) is 21.4. The van der Waals surface area contributed by atoms with Crippen LogP contribution in [0.4, 0.5) is 0 Å². The van der Waals surface area contributed by atoms with E-state index >= 15 is 0 Å². The van der Waals surface area contributed by atoms with Gasteiger partial charge in [0, 0.05) is 31.0 Å². The number of methoxy groups -OCH3 is 3. The van der Waals surface area contributed by atoms with Gasteiger partial charge in [0.2, 0.25) is 0 Å². The van der Waals surface area contributed by atoms with Crippen LogP contribution in [0.3, 0.4) is 0 Å². The summed E-state index contributed by atoms with van der Waals surface area (Å²) < 4.78 is 22.2. The number of halogens is 2. The zero-order chi connectivity index (χ0) is 40.7. The monoisotopic (exact) mass is 918 g/mol. The molecule has 0 aromatic heterocycles. The molecule has 2 amide bonds. The molecule has 58 heavy (non-hydrogen) atoms. The molecule has 2 heterocycles. The molecule has 3 N–H and O–H groups in total. The van der Waals surface area contributed by atoms with Gasteiger partial charge in [0.15, 0.2) is 0 Å². The Morgan fingerprint density at radius 3 is 1.64 bits per heavy atom. The number of carboxylic acids is 1. The van der Waals surface area contributed by atoms with Gasteiger partial charge in [0.1, 0.15) is 17.6 Å². The Morgan fingerprint density at radius 2 is 1.16 bits per heavy atom. The summed E-state index contributed by atoms with van der Waals surface area (Å²) in [5.74, 6) is -1.26. The number of aliphatic hydroxyl groups is 1. The molecule has 4 aromatic carbocycles. The molecule has 0 bridgehead atoms. The normalized spacial score (nSPS) is 18.1. The molecule has 6 rings (SSSR count). The van der Waals surface area contributed by atoms with Crippen LogP contribution in [0.15, 0.2) is 93.9 Å². The first-order valence-corrected chi connectivity index (χ1v) is 19.0. The molecular weight excluding hydrogens is 879 g/mol. The van der Waals surface area contributed by atoms with Gasteiger partial charge in [-0.05, 0) is 110 Å². The number of likely N-dealkylation sites (tertiary alicyclic amines) is 2. The number of benzene rings is 4. The fourth-order valence-electron chi connectivity index (χ4n) is 6.80. The summed E-state index contributed by atoms with van der Waals surface area (Å²) in [6.45, 7) is 1.79. The smallest absolute Gasteiger partial charge is 0.870 e. The van der Waals surface area contributed by atoms with Gasteiger partial charge < -0.3 is 44.4 Å². The maximum absolute atomic E-state index is 13.3. The van der Waals surface area contributed by atoms with E-state index in [1.807, 2.05) is 6.07 Å². The van der Waals surface area contributed by atoms with Crippen molar-refractivity contribution in [3.05, 3.63) is 127 Å². The van der Waals surface area contributed by atoms with Crippen molar-refractivity contribution in [2.75, 3.05) is 34.4 Å². The van der Waals surface area contributed by atoms with Crippen LogP contribution >= 0.6 is 31.9 Å². The predicted molar refractivity (Wildman–Crippen MR) is 213 cm³/mol. The van der Waals surface area contributed by atoms with E-state index < -0.39 is 30.1 Å².